The van der Waals surface area contributed by atoms with Crippen LogP contribution in [0.5, 0.6) is 0 Å². The smallest absolute Gasteiger partial charge is 0.0634 e. The van der Waals surface area contributed by atoms with E-state index in [2.05, 4.69) is 102 Å². The number of H-pyrrole nitrogens is 1. The van der Waals surface area contributed by atoms with E-state index in [0.29, 0.717) is 0 Å². The van der Waals surface area contributed by atoms with E-state index in [4.69, 9.17) is 0 Å². The van der Waals surface area contributed by atoms with Gasteiger partial charge in [-0.1, -0.05) is 55.8 Å². The fourth-order valence-corrected chi connectivity index (χ4v) is 4.05. The average Bonchev–Trinajstić information content (AvgIpc) is 3.25. The SMILES string of the molecule is CCN(CC)Cc1ccc(N2C=C(NCc3cccc(C)c3)c3cc[nH]c3C2)cc1. The molecule has 1 aliphatic heterocycles. The van der Waals surface area contributed by atoms with Crippen LogP contribution in [0, 0.1) is 6.92 Å². The van der Waals surface area contributed by atoms with Crippen LogP contribution in [0.1, 0.15) is 41.8 Å². The van der Waals surface area contributed by atoms with Crippen LogP contribution in [-0.2, 0) is 19.6 Å². The summed E-state index contributed by atoms with van der Waals surface area (Å²) in [5.41, 5.74) is 8.83. The summed E-state index contributed by atoms with van der Waals surface area (Å²) in [5.74, 6) is 0. The Morgan fingerprint density at radius 1 is 1.00 bits per heavy atom. The fraction of sp³-hybridized carbons (Fsp3) is 0.308. The molecule has 4 rings (SSSR count). The van der Waals surface area contributed by atoms with E-state index in [9.17, 15) is 0 Å². The molecule has 30 heavy (non-hydrogen) atoms. The number of anilines is 1. The van der Waals surface area contributed by atoms with Crippen molar-refractivity contribution in [2.24, 2.45) is 0 Å². The molecule has 0 radical (unpaired) electrons. The number of aryl methyl sites for hydroxylation is 1. The number of rotatable bonds is 8. The summed E-state index contributed by atoms with van der Waals surface area (Å²) in [6.07, 6.45) is 4.27. The topological polar surface area (TPSA) is 34.3 Å². The Balaban J connectivity index is 1.51. The molecule has 2 aromatic carbocycles. The lowest BCUT2D eigenvalue weighted by Crippen LogP contribution is -2.26. The number of aromatic amines is 1. The predicted octanol–water partition coefficient (Wildman–Crippen LogP) is 5.27. The van der Waals surface area contributed by atoms with Crippen molar-refractivity contribution in [2.75, 3.05) is 18.0 Å². The zero-order chi connectivity index (χ0) is 20.9. The van der Waals surface area contributed by atoms with Gasteiger partial charge in [-0.25, -0.2) is 0 Å². The molecule has 0 atom stereocenters. The lowest BCUT2D eigenvalue weighted by molar-refractivity contribution is 0.296. The van der Waals surface area contributed by atoms with Gasteiger partial charge < -0.3 is 15.2 Å². The van der Waals surface area contributed by atoms with Gasteiger partial charge in [0.25, 0.3) is 0 Å². The molecular weight excluding hydrogens is 368 g/mol. The fourth-order valence-electron chi connectivity index (χ4n) is 4.05. The summed E-state index contributed by atoms with van der Waals surface area (Å²) in [6.45, 7) is 11.4. The van der Waals surface area contributed by atoms with E-state index in [1.165, 1.54) is 33.6 Å². The third-order valence-electron chi connectivity index (χ3n) is 5.87. The van der Waals surface area contributed by atoms with Gasteiger partial charge in [-0.15, -0.1) is 0 Å². The number of nitrogens with one attached hydrogen (secondary N) is 2. The minimum Gasteiger partial charge on any atom is -0.379 e. The van der Waals surface area contributed by atoms with Crippen molar-refractivity contribution in [3.8, 4) is 0 Å². The lowest BCUT2D eigenvalue weighted by Gasteiger charge is -2.28. The molecule has 1 aliphatic rings. The summed E-state index contributed by atoms with van der Waals surface area (Å²) in [5, 5.41) is 3.65. The first-order chi connectivity index (χ1) is 14.7. The summed E-state index contributed by atoms with van der Waals surface area (Å²) < 4.78 is 0. The molecule has 2 heterocycles. The molecule has 0 unspecified atom stereocenters. The second kappa shape index (κ2) is 9.23. The largest absolute Gasteiger partial charge is 0.379 e. The molecule has 0 amide bonds. The van der Waals surface area contributed by atoms with E-state index in [-0.39, 0.29) is 0 Å². The highest BCUT2D eigenvalue weighted by Gasteiger charge is 2.19. The van der Waals surface area contributed by atoms with Crippen molar-refractivity contribution in [3.05, 3.63) is 94.9 Å². The van der Waals surface area contributed by atoms with Gasteiger partial charge >= 0.3 is 0 Å². The Hall–Kier alpha value is -2.98. The molecule has 0 saturated carbocycles. The predicted molar refractivity (Wildman–Crippen MR) is 126 cm³/mol. The van der Waals surface area contributed by atoms with Crippen LogP contribution in [0.3, 0.4) is 0 Å². The molecule has 0 saturated heterocycles. The van der Waals surface area contributed by atoms with E-state index in [0.717, 1.165) is 38.4 Å². The van der Waals surface area contributed by atoms with Crippen LogP contribution in [-0.4, -0.2) is 23.0 Å². The first-order valence-corrected chi connectivity index (χ1v) is 10.9. The molecular formula is C26H32N4. The van der Waals surface area contributed by atoms with Crippen LogP contribution in [0.4, 0.5) is 5.69 Å². The summed E-state index contributed by atoms with van der Waals surface area (Å²) in [6, 6.07) is 19.8. The maximum Gasteiger partial charge on any atom is 0.0634 e. The second-order valence-electron chi connectivity index (χ2n) is 8.01. The van der Waals surface area contributed by atoms with Crippen LogP contribution in [0.15, 0.2) is 67.0 Å². The third kappa shape index (κ3) is 4.60. The second-order valence-corrected chi connectivity index (χ2v) is 8.01. The van der Waals surface area contributed by atoms with Gasteiger partial charge in [-0.2, -0.15) is 0 Å². The Morgan fingerprint density at radius 2 is 1.80 bits per heavy atom. The molecule has 0 aliphatic carbocycles. The first-order valence-electron chi connectivity index (χ1n) is 10.9. The van der Waals surface area contributed by atoms with Gasteiger partial charge in [-0.3, -0.25) is 4.90 Å². The highest BCUT2D eigenvalue weighted by atomic mass is 15.1. The quantitative estimate of drug-likeness (QED) is 0.540. The number of nitrogens with zero attached hydrogens (tertiary/aromatic N) is 2. The molecule has 1 aromatic heterocycles. The highest BCUT2D eigenvalue weighted by Crippen LogP contribution is 2.29. The number of fused-ring (bicyclic) bond motifs is 1. The minimum absolute atomic E-state index is 0.814. The van der Waals surface area contributed by atoms with Crippen molar-refractivity contribution in [1.29, 1.82) is 0 Å². The number of benzene rings is 2. The zero-order valence-electron chi connectivity index (χ0n) is 18.3. The molecule has 0 bridgehead atoms. The Bertz CT molecular complexity index is 996. The maximum absolute atomic E-state index is 3.65. The standard InChI is InChI=1S/C26H32N4/c1-4-29(5-2)17-21-9-11-23(12-10-21)30-18-25-24(13-14-27-25)26(19-30)28-16-22-8-6-7-20(3)15-22/h6-15,19,27-28H,4-5,16-18H2,1-3H3. The summed E-state index contributed by atoms with van der Waals surface area (Å²) in [7, 11) is 0. The van der Waals surface area contributed by atoms with Crippen molar-refractivity contribution < 1.29 is 0 Å². The first kappa shape index (κ1) is 20.3. The normalized spacial score (nSPS) is 13.3. The third-order valence-corrected chi connectivity index (χ3v) is 5.87. The van der Waals surface area contributed by atoms with E-state index in [1.807, 2.05) is 6.20 Å². The van der Waals surface area contributed by atoms with Gasteiger partial charge in [0.1, 0.15) is 0 Å². The Morgan fingerprint density at radius 3 is 2.53 bits per heavy atom. The molecule has 0 spiro atoms. The van der Waals surface area contributed by atoms with Crippen LogP contribution in [0.2, 0.25) is 0 Å². The van der Waals surface area contributed by atoms with Crippen molar-refractivity contribution >= 4 is 11.4 Å². The van der Waals surface area contributed by atoms with E-state index >= 15 is 0 Å². The van der Waals surface area contributed by atoms with Crippen LogP contribution in [0.25, 0.3) is 5.70 Å². The van der Waals surface area contributed by atoms with Crippen molar-refractivity contribution in [2.45, 2.75) is 40.4 Å². The maximum atomic E-state index is 3.65. The number of aromatic nitrogens is 1. The lowest BCUT2D eigenvalue weighted by atomic mass is 10.1. The zero-order valence-corrected chi connectivity index (χ0v) is 18.3. The van der Waals surface area contributed by atoms with Gasteiger partial charge in [0.05, 0.1) is 12.2 Å². The molecule has 4 nitrogen and oxygen atoms in total. The van der Waals surface area contributed by atoms with Crippen LogP contribution >= 0.6 is 0 Å². The Labute approximate surface area is 180 Å². The molecule has 3 aromatic rings. The van der Waals surface area contributed by atoms with Gasteiger partial charge in [-0.05, 0) is 49.3 Å². The minimum atomic E-state index is 0.814. The molecule has 2 N–H and O–H groups in total. The number of hydrogen-bond donors (Lipinski definition) is 2. The van der Waals surface area contributed by atoms with E-state index in [1.54, 1.807) is 0 Å². The molecule has 0 fully saturated rings. The summed E-state index contributed by atoms with van der Waals surface area (Å²) in [4.78, 5) is 8.18. The van der Waals surface area contributed by atoms with Gasteiger partial charge in [0.2, 0.25) is 0 Å². The van der Waals surface area contributed by atoms with Gasteiger partial charge in [0.15, 0.2) is 0 Å². The van der Waals surface area contributed by atoms with E-state index < -0.39 is 0 Å². The monoisotopic (exact) mass is 400 g/mol. The van der Waals surface area contributed by atoms with Crippen molar-refractivity contribution in [3.63, 3.8) is 0 Å². The summed E-state index contributed by atoms with van der Waals surface area (Å²) >= 11 is 0. The van der Waals surface area contributed by atoms with Gasteiger partial charge in [0, 0.05) is 42.4 Å². The molecule has 156 valence electrons. The molecule has 4 heteroatoms. The van der Waals surface area contributed by atoms with Crippen LogP contribution < -0.4 is 10.2 Å². The Kier molecular flexibility index (Phi) is 6.24. The highest BCUT2D eigenvalue weighted by molar-refractivity contribution is 5.72. The van der Waals surface area contributed by atoms with Crippen molar-refractivity contribution in [1.82, 2.24) is 15.2 Å². The number of hydrogen-bond acceptors (Lipinski definition) is 3. The average molecular weight is 401 g/mol.